The zero-order valence-corrected chi connectivity index (χ0v) is 14.2. The van der Waals surface area contributed by atoms with E-state index in [1.165, 1.54) is 50.6 Å². The van der Waals surface area contributed by atoms with Crippen molar-refractivity contribution in [2.45, 2.75) is 4.90 Å². The molecule has 1 aromatic heterocycles. The normalized spacial score (nSPS) is 11.4. The predicted octanol–water partition coefficient (Wildman–Crippen LogP) is 2.80. The average molecular weight is 362 g/mol. The van der Waals surface area contributed by atoms with Crippen LogP contribution in [0.1, 0.15) is 0 Å². The number of nitro groups is 1. The summed E-state index contributed by atoms with van der Waals surface area (Å²) in [5.41, 5.74) is -0.116. The second kappa shape index (κ2) is 6.10. The summed E-state index contributed by atoms with van der Waals surface area (Å²) < 4.78 is 36.8. The maximum Gasteiger partial charge on any atom is 0.296 e. The second-order valence-electron chi connectivity index (χ2n) is 5.13. The van der Waals surface area contributed by atoms with Gasteiger partial charge in [0, 0.05) is 0 Å². The van der Waals surface area contributed by atoms with Gasteiger partial charge in [0.15, 0.2) is 0 Å². The molecule has 0 saturated heterocycles. The van der Waals surface area contributed by atoms with Gasteiger partial charge >= 0.3 is 0 Å². The molecule has 0 aliphatic heterocycles. The number of nitrogens with zero attached hydrogens (tertiary/aromatic N) is 2. The van der Waals surface area contributed by atoms with Crippen LogP contribution in [0.5, 0.6) is 11.5 Å². The van der Waals surface area contributed by atoms with Crippen LogP contribution in [0.3, 0.4) is 0 Å². The third-order valence-corrected chi connectivity index (χ3v) is 5.46. The van der Waals surface area contributed by atoms with Crippen LogP contribution < -0.4 is 9.47 Å². The number of aromatic nitrogens is 1. The van der Waals surface area contributed by atoms with Gasteiger partial charge in [-0.05, 0) is 42.5 Å². The van der Waals surface area contributed by atoms with Crippen LogP contribution in [0.15, 0.2) is 53.6 Å². The molecule has 0 saturated carbocycles. The first-order valence-corrected chi connectivity index (χ1v) is 8.55. The van der Waals surface area contributed by atoms with E-state index >= 15 is 0 Å². The molecular formula is C16H14N2O6S. The third kappa shape index (κ3) is 2.78. The molecular weight excluding hydrogens is 348 g/mol. The monoisotopic (exact) mass is 362 g/mol. The van der Waals surface area contributed by atoms with E-state index in [2.05, 4.69) is 0 Å². The summed E-state index contributed by atoms with van der Waals surface area (Å²) in [4.78, 5) is 10.7. The van der Waals surface area contributed by atoms with Crippen LogP contribution in [-0.2, 0) is 10.0 Å². The van der Waals surface area contributed by atoms with Gasteiger partial charge in [0.1, 0.15) is 11.5 Å². The lowest BCUT2D eigenvalue weighted by molar-refractivity contribution is -0.383. The molecule has 2 aromatic carbocycles. The van der Waals surface area contributed by atoms with Crippen LogP contribution in [-0.4, -0.2) is 31.5 Å². The number of hydrogen-bond acceptors (Lipinski definition) is 6. The molecule has 9 heteroatoms. The zero-order valence-electron chi connectivity index (χ0n) is 13.4. The zero-order chi connectivity index (χ0) is 18.2. The second-order valence-corrected chi connectivity index (χ2v) is 6.95. The van der Waals surface area contributed by atoms with Crippen LogP contribution >= 0.6 is 0 Å². The van der Waals surface area contributed by atoms with Gasteiger partial charge in [-0.25, -0.2) is 12.4 Å². The summed E-state index contributed by atoms with van der Waals surface area (Å²) in [5, 5.41) is 11.5. The van der Waals surface area contributed by atoms with Crippen LogP contribution in [0.25, 0.3) is 10.9 Å². The van der Waals surface area contributed by atoms with E-state index in [9.17, 15) is 18.5 Å². The Bertz CT molecular complexity index is 1050. The highest BCUT2D eigenvalue weighted by Crippen LogP contribution is 2.33. The van der Waals surface area contributed by atoms with Crippen molar-refractivity contribution < 1.29 is 22.8 Å². The number of rotatable bonds is 5. The maximum absolute atomic E-state index is 12.9. The first-order chi connectivity index (χ1) is 11.9. The Morgan fingerprint density at radius 1 is 1.00 bits per heavy atom. The fourth-order valence-corrected chi connectivity index (χ4v) is 3.86. The van der Waals surface area contributed by atoms with Gasteiger partial charge in [-0.2, -0.15) is 0 Å². The molecule has 0 atom stereocenters. The fourth-order valence-electron chi connectivity index (χ4n) is 2.50. The predicted molar refractivity (Wildman–Crippen MR) is 90.7 cm³/mol. The van der Waals surface area contributed by atoms with Crippen LogP contribution in [0.2, 0.25) is 0 Å². The third-order valence-electron chi connectivity index (χ3n) is 3.77. The van der Waals surface area contributed by atoms with E-state index in [1.54, 1.807) is 6.07 Å². The van der Waals surface area contributed by atoms with Crippen molar-refractivity contribution in [1.82, 2.24) is 3.97 Å². The van der Waals surface area contributed by atoms with Gasteiger partial charge in [0.2, 0.25) is 0 Å². The Morgan fingerprint density at radius 3 is 2.16 bits per heavy atom. The summed E-state index contributed by atoms with van der Waals surface area (Å²) in [6.45, 7) is 0. The van der Waals surface area contributed by atoms with Crippen molar-refractivity contribution in [2.75, 3.05) is 14.2 Å². The molecule has 0 aliphatic carbocycles. The van der Waals surface area contributed by atoms with E-state index in [4.69, 9.17) is 9.47 Å². The number of ether oxygens (including phenoxy) is 2. The molecule has 0 bridgehead atoms. The largest absolute Gasteiger partial charge is 0.497 e. The summed E-state index contributed by atoms with van der Waals surface area (Å²) in [6, 6.07) is 10.2. The first kappa shape index (κ1) is 16.8. The number of hydrogen-bond donors (Lipinski definition) is 0. The van der Waals surface area contributed by atoms with Crippen molar-refractivity contribution >= 4 is 26.6 Å². The Hall–Kier alpha value is -3.07. The maximum atomic E-state index is 12.9. The number of fused-ring (bicyclic) bond motifs is 1. The average Bonchev–Trinajstić information content (AvgIpc) is 3.01. The molecule has 3 aromatic rings. The lowest BCUT2D eigenvalue weighted by atomic mass is 10.2. The molecule has 1 heterocycles. The molecule has 3 rings (SSSR count). The van der Waals surface area contributed by atoms with Crippen molar-refractivity contribution in [3.8, 4) is 11.5 Å². The smallest absolute Gasteiger partial charge is 0.296 e. The van der Waals surface area contributed by atoms with E-state index in [-0.39, 0.29) is 21.5 Å². The Kier molecular flexibility index (Phi) is 4.09. The first-order valence-electron chi connectivity index (χ1n) is 7.11. The van der Waals surface area contributed by atoms with E-state index < -0.39 is 14.9 Å². The Morgan fingerprint density at radius 2 is 1.60 bits per heavy atom. The summed E-state index contributed by atoms with van der Waals surface area (Å²) in [5.74, 6) is 0.905. The van der Waals surface area contributed by atoms with E-state index in [0.717, 1.165) is 10.2 Å². The Labute approximate surface area is 143 Å². The van der Waals surface area contributed by atoms with Gasteiger partial charge in [0.25, 0.3) is 15.7 Å². The lowest BCUT2D eigenvalue weighted by Gasteiger charge is -2.08. The molecule has 0 fully saturated rings. The van der Waals surface area contributed by atoms with Crippen LogP contribution in [0.4, 0.5) is 5.69 Å². The van der Waals surface area contributed by atoms with Gasteiger partial charge in [-0.3, -0.25) is 10.1 Å². The topological polar surface area (TPSA) is 101 Å². The number of benzene rings is 2. The quantitative estimate of drug-likeness (QED) is 0.511. The summed E-state index contributed by atoms with van der Waals surface area (Å²) in [6.07, 6.45) is 1.00. The molecule has 0 aliphatic rings. The highest BCUT2D eigenvalue weighted by Gasteiger charge is 2.26. The summed E-state index contributed by atoms with van der Waals surface area (Å²) >= 11 is 0. The molecule has 0 spiro atoms. The molecule has 0 amide bonds. The van der Waals surface area contributed by atoms with Gasteiger partial charge in [-0.1, -0.05) is 0 Å². The van der Waals surface area contributed by atoms with Gasteiger partial charge < -0.3 is 9.47 Å². The van der Waals surface area contributed by atoms with Crippen LogP contribution in [0, 0.1) is 10.1 Å². The van der Waals surface area contributed by atoms with Crippen molar-refractivity contribution in [3.05, 3.63) is 58.8 Å². The van der Waals surface area contributed by atoms with Gasteiger partial charge in [0.05, 0.1) is 41.1 Å². The van der Waals surface area contributed by atoms with E-state index in [0.29, 0.717) is 11.5 Å². The molecule has 0 radical (unpaired) electrons. The van der Waals surface area contributed by atoms with Crippen molar-refractivity contribution in [1.29, 1.82) is 0 Å². The minimum atomic E-state index is -4.01. The highest BCUT2D eigenvalue weighted by molar-refractivity contribution is 7.90. The minimum Gasteiger partial charge on any atom is -0.497 e. The SMILES string of the molecule is COc1ccc(S(=O)(=O)n2cc([N+](=O)[O-])c3cc(OC)ccc32)cc1. The van der Waals surface area contributed by atoms with Crippen molar-refractivity contribution in [3.63, 3.8) is 0 Å². The number of methoxy groups -OCH3 is 2. The lowest BCUT2D eigenvalue weighted by Crippen LogP contribution is -2.11. The molecule has 25 heavy (non-hydrogen) atoms. The minimum absolute atomic E-state index is 0.00378. The molecule has 0 unspecified atom stereocenters. The summed E-state index contributed by atoms with van der Waals surface area (Å²) in [7, 11) is -1.11. The van der Waals surface area contributed by atoms with E-state index in [1.807, 2.05) is 0 Å². The van der Waals surface area contributed by atoms with Crippen molar-refractivity contribution in [2.24, 2.45) is 0 Å². The molecule has 0 N–H and O–H groups in total. The standard InChI is InChI=1S/C16H14N2O6S/c1-23-11-3-6-13(7-4-11)25(21,22)17-10-16(18(19)20)14-9-12(24-2)5-8-15(14)17/h3-10H,1-2H3. The van der Waals surface area contributed by atoms with Gasteiger partial charge in [-0.15, -0.1) is 0 Å². The molecule has 8 nitrogen and oxygen atoms in total. The fraction of sp³-hybridized carbons (Fsp3) is 0.125. The molecule has 130 valence electrons. The highest BCUT2D eigenvalue weighted by atomic mass is 32.2. The Balaban J connectivity index is 2.24.